The van der Waals surface area contributed by atoms with E-state index < -0.39 is 0 Å². The topological polar surface area (TPSA) is 54.0 Å². The van der Waals surface area contributed by atoms with E-state index in [2.05, 4.69) is 38.3 Å². The second-order valence-electron chi connectivity index (χ2n) is 6.75. The smallest absolute Gasteiger partial charge is 0.317 e. The van der Waals surface area contributed by atoms with Gasteiger partial charge in [-0.3, -0.25) is 4.90 Å². The van der Waals surface area contributed by atoms with Crippen molar-refractivity contribution in [2.24, 2.45) is 0 Å². The maximum Gasteiger partial charge on any atom is 0.317 e. The van der Waals surface area contributed by atoms with Crippen LogP contribution in [0.4, 0.5) is 4.79 Å². The van der Waals surface area contributed by atoms with Gasteiger partial charge in [-0.25, -0.2) is 4.79 Å². The molecule has 3 rings (SSSR count). The molecule has 2 aromatic rings. The standard InChI is InChI=1S/C20H26BrN3O3S/c1-14(17-12-15(26-2)4-6-18(17)27-3)22-20(25)24-10-8-23(9-11-24)13-16-5-7-19(21)28-16/h4-7,12,14H,8-11,13H2,1-3H3,(H,22,25). The molecular formula is C20H26BrN3O3S. The van der Waals surface area contributed by atoms with Crippen LogP contribution in [-0.4, -0.2) is 56.2 Å². The maximum absolute atomic E-state index is 12.7. The third kappa shape index (κ3) is 5.18. The zero-order valence-electron chi connectivity index (χ0n) is 16.4. The summed E-state index contributed by atoms with van der Waals surface area (Å²) in [5.41, 5.74) is 0.900. The number of carbonyl (C=O) groups excluding carboxylic acids is 1. The Kier molecular flexibility index (Phi) is 7.20. The number of rotatable bonds is 6. The number of halogens is 1. The van der Waals surface area contributed by atoms with E-state index in [1.807, 2.05) is 30.0 Å². The number of methoxy groups -OCH3 is 2. The highest BCUT2D eigenvalue weighted by Gasteiger charge is 2.23. The van der Waals surface area contributed by atoms with Crippen LogP contribution in [0.25, 0.3) is 0 Å². The molecule has 1 fully saturated rings. The summed E-state index contributed by atoms with van der Waals surface area (Å²) in [4.78, 5) is 18.3. The zero-order valence-corrected chi connectivity index (χ0v) is 18.8. The Morgan fingerprint density at radius 2 is 1.93 bits per heavy atom. The van der Waals surface area contributed by atoms with Crippen LogP contribution in [0.3, 0.4) is 0 Å². The molecule has 1 atom stereocenters. The van der Waals surface area contributed by atoms with E-state index in [1.54, 1.807) is 25.6 Å². The summed E-state index contributed by atoms with van der Waals surface area (Å²) < 4.78 is 11.9. The van der Waals surface area contributed by atoms with Crippen LogP contribution in [0.5, 0.6) is 11.5 Å². The van der Waals surface area contributed by atoms with Crippen LogP contribution in [0.1, 0.15) is 23.4 Å². The molecule has 152 valence electrons. The molecule has 1 aromatic carbocycles. The minimum absolute atomic E-state index is 0.0455. The van der Waals surface area contributed by atoms with E-state index in [-0.39, 0.29) is 12.1 Å². The van der Waals surface area contributed by atoms with Gasteiger partial charge in [0.1, 0.15) is 11.5 Å². The molecule has 0 bridgehead atoms. The van der Waals surface area contributed by atoms with Crippen LogP contribution in [0, 0.1) is 0 Å². The van der Waals surface area contributed by atoms with Crippen LogP contribution in [0.15, 0.2) is 34.1 Å². The number of urea groups is 1. The number of nitrogens with zero attached hydrogens (tertiary/aromatic N) is 2. The lowest BCUT2D eigenvalue weighted by Gasteiger charge is -2.35. The number of hydrogen-bond acceptors (Lipinski definition) is 5. The Morgan fingerprint density at radius 1 is 1.18 bits per heavy atom. The Labute approximate surface area is 178 Å². The summed E-state index contributed by atoms with van der Waals surface area (Å²) in [6.07, 6.45) is 0. The van der Waals surface area contributed by atoms with Gasteiger partial charge in [-0.05, 0) is 53.2 Å². The molecule has 1 aliphatic rings. The maximum atomic E-state index is 12.7. The van der Waals surface area contributed by atoms with Gasteiger partial charge in [-0.1, -0.05) is 0 Å². The highest BCUT2D eigenvalue weighted by atomic mass is 79.9. The van der Waals surface area contributed by atoms with Crippen molar-refractivity contribution < 1.29 is 14.3 Å². The number of thiophene rings is 1. The second-order valence-corrected chi connectivity index (χ2v) is 9.30. The lowest BCUT2D eigenvalue weighted by molar-refractivity contribution is 0.134. The van der Waals surface area contributed by atoms with Crippen molar-refractivity contribution in [2.75, 3.05) is 40.4 Å². The van der Waals surface area contributed by atoms with Gasteiger partial charge in [0.25, 0.3) is 0 Å². The van der Waals surface area contributed by atoms with Gasteiger partial charge in [0.05, 0.1) is 24.0 Å². The van der Waals surface area contributed by atoms with Crippen molar-refractivity contribution in [3.05, 3.63) is 44.6 Å². The van der Waals surface area contributed by atoms with Gasteiger partial charge in [-0.2, -0.15) is 0 Å². The Bertz CT molecular complexity index is 806. The van der Waals surface area contributed by atoms with Crippen LogP contribution >= 0.6 is 27.3 Å². The number of benzene rings is 1. The quantitative estimate of drug-likeness (QED) is 0.693. The van der Waals surface area contributed by atoms with E-state index in [0.717, 1.165) is 53.6 Å². The van der Waals surface area contributed by atoms with Gasteiger partial charge in [0.15, 0.2) is 0 Å². The fourth-order valence-corrected chi connectivity index (χ4v) is 4.82. The molecule has 8 heteroatoms. The minimum Gasteiger partial charge on any atom is -0.497 e. The van der Waals surface area contributed by atoms with Gasteiger partial charge in [0.2, 0.25) is 0 Å². The second kappa shape index (κ2) is 9.62. The molecule has 1 aliphatic heterocycles. The fraction of sp³-hybridized carbons (Fsp3) is 0.450. The summed E-state index contributed by atoms with van der Waals surface area (Å²) in [5, 5.41) is 3.09. The van der Waals surface area contributed by atoms with Crippen molar-refractivity contribution in [1.29, 1.82) is 0 Å². The number of nitrogens with one attached hydrogen (secondary N) is 1. The van der Waals surface area contributed by atoms with E-state index in [9.17, 15) is 4.79 Å². The zero-order chi connectivity index (χ0) is 20.1. The number of carbonyl (C=O) groups is 1. The molecule has 1 aromatic heterocycles. The molecule has 1 N–H and O–H groups in total. The summed E-state index contributed by atoms with van der Waals surface area (Å²) >= 11 is 5.27. The molecule has 0 radical (unpaired) electrons. The van der Waals surface area contributed by atoms with Gasteiger partial charge < -0.3 is 19.7 Å². The average molecular weight is 468 g/mol. The normalized spacial score (nSPS) is 15.9. The average Bonchev–Trinajstić information content (AvgIpc) is 3.12. The predicted octanol–water partition coefficient (Wildman–Crippen LogP) is 4.12. The Morgan fingerprint density at radius 3 is 2.54 bits per heavy atom. The molecule has 0 aliphatic carbocycles. The highest BCUT2D eigenvalue weighted by molar-refractivity contribution is 9.11. The Hall–Kier alpha value is -1.77. The number of amides is 2. The fourth-order valence-electron chi connectivity index (χ4n) is 3.30. The largest absolute Gasteiger partial charge is 0.497 e. The summed E-state index contributed by atoms with van der Waals surface area (Å²) in [6.45, 7) is 6.09. The minimum atomic E-state index is -0.181. The number of piperazine rings is 1. The molecule has 2 heterocycles. The van der Waals surface area contributed by atoms with Crippen molar-refractivity contribution in [3.63, 3.8) is 0 Å². The lowest BCUT2D eigenvalue weighted by atomic mass is 10.1. The third-order valence-electron chi connectivity index (χ3n) is 4.91. The van der Waals surface area contributed by atoms with Crippen LogP contribution in [0.2, 0.25) is 0 Å². The van der Waals surface area contributed by atoms with E-state index in [1.165, 1.54) is 4.88 Å². The SMILES string of the molecule is COc1ccc(OC)c(C(C)NC(=O)N2CCN(Cc3ccc(Br)s3)CC2)c1. The van der Waals surface area contributed by atoms with Crippen molar-refractivity contribution in [3.8, 4) is 11.5 Å². The molecule has 2 amide bonds. The number of hydrogen-bond donors (Lipinski definition) is 1. The first-order valence-electron chi connectivity index (χ1n) is 9.24. The first kappa shape index (κ1) is 21.0. The molecule has 0 spiro atoms. The van der Waals surface area contributed by atoms with Crippen LogP contribution < -0.4 is 14.8 Å². The summed E-state index contributed by atoms with van der Waals surface area (Å²) in [5.74, 6) is 1.48. The van der Waals surface area contributed by atoms with E-state index >= 15 is 0 Å². The van der Waals surface area contributed by atoms with E-state index in [0.29, 0.717) is 0 Å². The van der Waals surface area contributed by atoms with Crippen molar-refractivity contribution in [2.45, 2.75) is 19.5 Å². The lowest BCUT2D eigenvalue weighted by Crippen LogP contribution is -2.51. The Balaban J connectivity index is 1.54. The van der Waals surface area contributed by atoms with Crippen molar-refractivity contribution in [1.82, 2.24) is 15.1 Å². The molecule has 1 saturated heterocycles. The first-order chi connectivity index (χ1) is 13.5. The van der Waals surface area contributed by atoms with Crippen molar-refractivity contribution >= 4 is 33.3 Å². The van der Waals surface area contributed by atoms with E-state index in [4.69, 9.17) is 9.47 Å². The molecular weight excluding hydrogens is 442 g/mol. The monoisotopic (exact) mass is 467 g/mol. The number of ether oxygens (including phenoxy) is 2. The van der Waals surface area contributed by atoms with Crippen LogP contribution in [-0.2, 0) is 6.54 Å². The molecule has 0 saturated carbocycles. The summed E-state index contributed by atoms with van der Waals surface area (Å²) in [6, 6.07) is 9.62. The molecule has 28 heavy (non-hydrogen) atoms. The summed E-state index contributed by atoms with van der Waals surface area (Å²) in [7, 11) is 3.26. The van der Waals surface area contributed by atoms with Gasteiger partial charge in [-0.15, -0.1) is 11.3 Å². The predicted molar refractivity (Wildman–Crippen MR) is 115 cm³/mol. The van der Waals surface area contributed by atoms with Gasteiger partial charge in [0, 0.05) is 43.2 Å². The third-order valence-corrected chi connectivity index (χ3v) is 6.52. The highest BCUT2D eigenvalue weighted by Crippen LogP contribution is 2.29. The molecule has 6 nitrogen and oxygen atoms in total. The molecule has 1 unspecified atom stereocenters. The van der Waals surface area contributed by atoms with Gasteiger partial charge >= 0.3 is 6.03 Å². The first-order valence-corrected chi connectivity index (χ1v) is 10.8.